The lowest BCUT2D eigenvalue weighted by Crippen LogP contribution is -1.97. The molecule has 0 atom stereocenters. The van der Waals surface area contributed by atoms with Crippen molar-refractivity contribution in [1.82, 2.24) is 4.57 Å². The zero-order valence-electron chi connectivity index (χ0n) is 13.9. The molecule has 0 bridgehead atoms. The van der Waals surface area contributed by atoms with Gasteiger partial charge in [-0.05, 0) is 59.2 Å². The first-order valence-electron chi connectivity index (χ1n) is 8.21. The van der Waals surface area contributed by atoms with Crippen molar-refractivity contribution >= 4 is 10.9 Å². The minimum Gasteiger partial charge on any atom is -0.497 e. The molecule has 0 aliphatic rings. The molecule has 0 amide bonds. The molecule has 0 spiro atoms. The van der Waals surface area contributed by atoms with Gasteiger partial charge < -0.3 is 9.30 Å². The van der Waals surface area contributed by atoms with Gasteiger partial charge in [0, 0.05) is 23.6 Å². The number of nitrogens with zero attached hydrogens (tertiary/aromatic N) is 1. The zero-order valence-corrected chi connectivity index (χ0v) is 13.9. The van der Waals surface area contributed by atoms with Gasteiger partial charge in [0.25, 0.3) is 0 Å². The number of ether oxygens (including phenoxy) is 1. The van der Waals surface area contributed by atoms with Gasteiger partial charge in [-0.25, -0.2) is 4.39 Å². The van der Waals surface area contributed by atoms with Crippen molar-refractivity contribution < 1.29 is 9.13 Å². The Morgan fingerprint density at radius 3 is 2.28 bits per heavy atom. The molecular weight excluding hydrogens is 313 g/mol. The summed E-state index contributed by atoms with van der Waals surface area (Å²) in [5.74, 6) is 0.653. The zero-order chi connectivity index (χ0) is 17.2. The Bertz CT molecular complexity index is 1000. The van der Waals surface area contributed by atoms with Crippen molar-refractivity contribution in [3.8, 4) is 16.9 Å². The number of hydrogen-bond acceptors (Lipinski definition) is 1. The Kier molecular flexibility index (Phi) is 3.98. The average molecular weight is 331 g/mol. The summed E-state index contributed by atoms with van der Waals surface area (Å²) in [4.78, 5) is 0. The van der Waals surface area contributed by atoms with Crippen LogP contribution in [0.25, 0.3) is 22.0 Å². The number of fused-ring (bicyclic) bond motifs is 1. The fraction of sp³-hybridized carbons (Fsp3) is 0.0909. The van der Waals surface area contributed by atoms with Crippen LogP contribution in [-0.4, -0.2) is 11.7 Å². The Balaban J connectivity index is 1.64. The van der Waals surface area contributed by atoms with Gasteiger partial charge in [-0.15, -0.1) is 0 Å². The molecule has 0 aliphatic carbocycles. The third-order valence-corrected chi connectivity index (χ3v) is 4.46. The summed E-state index contributed by atoms with van der Waals surface area (Å²) in [5, 5.41) is 1.18. The lowest BCUT2D eigenvalue weighted by atomic mass is 10.0. The van der Waals surface area contributed by atoms with Crippen LogP contribution < -0.4 is 4.74 Å². The van der Waals surface area contributed by atoms with Crippen LogP contribution in [0, 0.1) is 5.82 Å². The van der Waals surface area contributed by atoms with Gasteiger partial charge in [0.05, 0.1) is 7.11 Å². The highest BCUT2D eigenvalue weighted by molar-refractivity contribution is 5.85. The quantitative estimate of drug-likeness (QED) is 0.481. The third-order valence-electron chi connectivity index (χ3n) is 4.46. The fourth-order valence-corrected chi connectivity index (χ4v) is 3.09. The van der Waals surface area contributed by atoms with E-state index in [4.69, 9.17) is 4.74 Å². The van der Waals surface area contributed by atoms with Crippen LogP contribution in [-0.2, 0) is 6.54 Å². The molecule has 1 heterocycles. The van der Waals surface area contributed by atoms with E-state index < -0.39 is 0 Å². The van der Waals surface area contributed by atoms with Crippen LogP contribution >= 0.6 is 0 Å². The van der Waals surface area contributed by atoms with Gasteiger partial charge in [-0.2, -0.15) is 0 Å². The molecule has 4 aromatic rings. The molecule has 1 aromatic heterocycles. The highest BCUT2D eigenvalue weighted by Gasteiger charge is 2.05. The summed E-state index contributed by atoms with van der Waals surface area (Å²) in [6.45, 7) is 0.809. The summed E-state index contributed by atoms with van der Waals surface area (Å²) in [6.07, 6.45) is 2.10. The van der Waals surface area contributed by atoms with Gasteiger partial charge >= 0.3 is 0 Å². The van der Waals surface area contributed by atoms with Gasteiger partial charge in [-0.1, -0.05) is 30.3 Å². The molecule has 0 radical (unpaired) electrons. The summed E-state index contributed by atoms with van der Waals surface area (Å²) >= 11 is 0. The van der Waals surface area contributed by atoms with Gasteiger partial charge in [0.1, 0.15) is 11.6 Å². The average Bonchev–Trinajstić information content (AvgIpc) is 3.05. The third kappa shape index (κ3) is 3.13. The smallest absolute Gasteiger partial charge is 0.123 e. The maximum atomic E-state index is 13.1. The Hall–Kier alpha value is -3.07. The molecule has 0 unspecified atom stereocenters. The largest absolute Gasteiger partial charge is 0.497 e. The molecule has 2 nitrogen and oxygen atoms in total. The van der Waals surface area contributed by atoms with Crippen molar-refractivity contribution in [2.75, 3.05) is 7.11 Å². The monoisotopic (exact) mass is 331 g/mol. The van der Waals surface area contributed by atoms with E-state index in [9.17, 15) is 4.39 Å². The number of rotatable bonds is 4. The van der Waals surface area contributed by atoms with Gasteiger partial charge in [0.2, 0.25) is 0 Å². The first kappa shape index (κ1) is 15.5. The number of hydrogen-bond donors (Lipinski definition) is 0. The maximum Gasteiger partial charge on any atom is 0.123 e. The molecule has 25 heavy (non-hydrogen) atoms. The first-order chi connectivity index (χ1) is 12.2. The lowest BCUT2D eigenvalue weighted by molar-refractivity contribution is 0.414. The number of aromatic nitrogens is 1. The van der Waals surface area contributed by atoms with E-state index in [2.05, 4.69) is 47.2 Å². The van der Waals surface area contributed by atoms with Gasteiger partial charge in [-0.3, -0.25) is 0 Å². The standard InChI is InChI=1S/C22H18FNO/c1-25-21-9-2-16(3-10-21)15-24-13-12-19-14-18(6-11-22(19)24)17-4-7-20(23)8-5-17/h2-14H,15H2,1H3. The fourth-order valence-electron chi connectivity index (χ4n) is 3.09. The van der Waals surface area contributed by atoms with E-state index in [0.717, 1.165) is 23.4 Å². The Labute approximate surface area is 146 Å². The van der Waals surface area contributed by atoms with Crippen molar-refractivity contribution in [2.24, 2.45) is 0 Å². The second-order valence-corrected chi connectivity index (χ2v) is 6.07. The molecule has 3 heteroatoms. The molecule has 124 valence electrons. The van der Waals surface area contributed by atoms with Crippen molar-refractivity contribution in [3.63, 3.8) is 0 Å². The molecule has 0 fully saturated rings. The van der Waals surface area contributed by atoms with Crippen molar-refractivity contribution in [1.29, 1.82) is 0 Å². The Morgan fingerprint density at radius 1 is 0.840 bits per heavy atom. The summed E-state index contributed by atoms with van der Waals surface area (Å²) < 4.78 is 20.5. The lowest BCUT2D eigenvalue weighted by Gasteiger charge is -2.08. The number of halogens is 1. The van der Waals surface area contributed by atoms with E-state index in [-0.39, 0.29) is 5.82 Å². The van der Waals surface area contributed by atoms with Crippen LogP contribution in [0.3, 0.4) is 0 Å². The highest BCUT2D eigenvalue weighted by Crippen LogP contribution is 2.26. The SMILES string of the molecule is COc1ccc(Cn2ccc3cc(-c4ccc(F)cc4)ccc32)cc1. The van der Waals surface area contributed by atoms with Gasteiger partial charge in [0.15, 0.2) is 0 Å². The molecule has 0 saturated carbocycles. The molecule has 3 aromatic carbocycles. The predicted octanol–water partition coefficient (Wildman–Crippen LogP) is 5.50. The van der Waals surface area contributed by atoms with E-state index in [1.807, 2.05) is 24.3 Å². The van der Waals surface area contributed by atoms with Crippen molar-refractivity contribution in [2.45, 2.75) is 6.54 Å². The molecule has 0 N–H and O–H groups in total. The van der Waals surface area contributed by atoms with Crippen LogP contribution in [0.2, 0.25) is 0 Å². The van der Waals surface area contributed by atoms with E-state index in [1.165, 1.54) is 28.6 Å². The highest BCUT2D eigenvalue weighted by atomic mass is 19.1. The van der Waals surface area contributed by atoms with E-state index >= 15 is 0 Å². The Morgan fingerprint density at radius 2 is 1.56 bits per heavy atom. The number of benzene rings is 3. The minimum absolute atomic E-state index is 0.213. The molecule has 0 saturated heterocycles. The molecular formula is C22H18FNO. The minimum atomic E-state index is -0.213. The second kappa shape index (κ2) is 6.44. The van der Waals surface area contributed by atoms with Crippen molar-refractivity contribution in [3.05, 3.63) is 90.4 Å². The topological polar surface area (TPSA) is 14.2 Å². The van der Waals surface area contributed by atoms with Crippen LogP contribution in [0.4, 0.5) is 4.39 Å². The van der Waals surface area contributed by atoms with Crippen LogP contribution in [0.15, 0.2) is 79.0 Å². The number of methoxy groups -OCH3 is 1. The predicted molar refractivity (Wildman–Crippen MR) is 99.4 cm³/mol. The second-order valence-electron chi connectivity index (χ2n) is 6.07. The molecule has 0 aliphatic heterocycles. The maximum absolute atomic E-state index is 13.1. The normalized spacial score (nSPS) is 11.0. The van der Waals surface area contributed by atoms with E-state index in [0.29, 0.717) is 0 Å². The summed E-state index contributed by atoms with van der Waals surface area (Å²) in [5.41, 5.74) is 4.52. The van der Waals surface area contributed by atoms with Crippen LogP contribution in [0.5, 0.6) is 5.75 Å². The summed E-state index contributed by atoms with van der Waals surface area (Å²) in [7, 11) is 1.67. The summed E-state index contributed by atoms with van der Waals surface area (Å²) in [6, 6.07) is 23.2. The first-order valence-corrected chi connectivity index (χ1v) is 8.21. The van der Waals surface area contributed by atoms with Crippen LogP contribution in [0.1, 0.15) is 5.56 Å². The van der Waals surface area contributed by atoms with E-state index in [1.54, 1.807) is 7.11 Å². The molecule has 4 rings (SSSR count).